The van der Waals surface area contributed by atoms with Crippen LogP contribution in [0.2, 0.25) is 0 Å². The zero-order valence-corrected chi connectivity index (χ0v) is 17.0. The lowest BCUT2D eigenvalue weighted by molar-refractivity contribution is -0.122. The molecule has 3 aromatic rings. The molecule has 1 atom stereocenters. The van der Waals surface area contributed by atoms with Gasteiger partial charge in [-0.15, -0.1) is 0 Å². The van der Waals surface area contributed by atoms with Crippen molar-refractivity contribution in [1.82, 2.24) is 24.3 Å². The number of hydrogen-bond acceptors (Lipinski definition) is 5. The van der Waals surface area contributed by atoms with Crippen LogP contribution in [0.1, 0.15) is 55.8 Å². The second-order valence-corrected chi connectivity index (χ2v) is 8.19. The zero-order valence-electron chi connectivity index (χ0n) is 17.0. The predicted molar refractivity (Wildman–Crippen MR) is 111 cm³/mol. The molecule has 1 aliphatic carbocycles. The van der Waals surface area contributed by atoms with E-state index in [1.54, 1.807) is 17.9 Å². The van der Waals surface area contributed by atoms with Crippen molar-refractivity contribution in [3.05, 3.63) is 52.5 Å². The molecule has 0 aliphatic heterocycles. The number of pyridine rings is 1. The molecule has 152 valence electrons. The topological polar surface area (TPSA) is 82.7 Å². The van der Waals surface area contributed by atoms with E-state index in [0.717, 1.165) is 24.1 Å². The largest absolute Gasteiger partial charge is 0.297 e. The SMILES string of the molecule is Cc1ccc(CC(=O)C(CC2CCCCC2)n2cnc3c(cnn3C)c2=O)nc1. The van der Waals surface area contributed by atoms with Gasteiger partial charge in [-0.25, -0.2) is 4.98 Å². The molecule has 3 heterocycles. The van der Waals surface area contributed by atoms with E-state index in [9.17, 15) is 9.59 Å². The molecule has 7 nitrogen and oxygen atoms in total. The number of aromatic nitrogens is 5. The molecule has 1 unspecified atom stereocenters. The number of carbonyl (C=O) groups excluding carboxylic acids is 1. The van der Waals surface area contributed by atoms with Crippen LogP contribution in [0.4, 0.5) is 0 Å². The zero-order chi connectivity index (χ0) is 20.4. The molecule has 0 spiro atoms. The van der Waals surface area contributed by atoms with Crippen molar-refractivity contribution in [3.63, 3.8) is 0 Å². The van der Waals surface area contributed by atoms with Gasteiger partial charge in [-0.1, -0.05) is 38.2 Å². The summed E-state index contributed by atoms with van der Waals surface area (Å²) in [6.07, 6.45) is 11.6. The molecule has 3 aromatic heterocycles. The van der Waals surface area contributed by atoms with Crippen molar-refractivity contribution >= 4 is 16.8 Å². The van der Waals surface area contributed by atoms with Crippen LogP contribution in [0.5, 0.6) is 0 Å². The maximum absolute atomic E-state index is 13.3. The van der Waals surface area contributed by atoms with Crippen LogP contribution < -0.4 is 5.56 Å². The van der Waals surface area contributed by atoms with Gasteiger partial charge >= 0.3 is 0 Å². The first-order valence-corrected chi connectivity index (χ1v) is 10.4. The number of fused-ring (bicyclic) bond motifs is 1. The standard InChI is InChI=1S/C22H27N5O2/c1-15-8-9-17(23-12-15)11-20(28)19(10-16-6-4-3-5-7-16)27-14-24-21-18(22(27)29)13-25-26(21)2/h8-9,12-14,16,19H,3-7,10-11H2,1-2H3. The summed E-state index contributed by atoms with van der Waals surface area (Å²) in [4.78, 5) is 35.2. The van der Waals surface area contributed by atoms with E-state index < -0.39 is 6.04 Å². The van der Waals surface area contributed by atoms with Gasteiger partial charge in [0.25, 0.3) is 5.56 Å². The molecular formula is C22H27N5O2. The summed E-state index contributed by atoms with van der Waals surface area (Å²) in [6.45, 7) is 1.97. The van der Waals surface area contributed by atoms with E-state index in [4.69, 9.17) is 0 Å². The molecule has 0 aromatic carbocycles. The van der Waals surface area contributed by atoms with Gasteiger partial charge in [0.15, 0.2) is 11.4 Å². The second-order valence-electron chi connectivity index (χ2n) is 8.19. The van der Waals surface area contributed by atoms with Gasteiger partial charge in [-0.2, -0.15) is 5.10 Å². The molecule has 1 aliphatic rings. The van der Waals surface area contributed by atoms with Crippen LogP contribution in [0, 0.1) is 12.8 Å². The van der Waals surface area contributed by atoms with Crippen LogP contribution in [-0.2, 0) is 18.3 Å². The molecule has 0 bridgehead atoms. The third-order valence-corrected chi connectivity index (χ3v) is 5.99. The average molecular weight is 393 g/mol. The van der Waals surface area contributed by atoms with Gasteiger partial charge in [-0.05, 0) is 30.9 Å². The Hall–Kier alpha value is -2.83. The quantitative estimate of drug-likeness (QED) is 0.642. The molecule has 0 saturated heterocycles. The lowest BCUT2D eigenvalue weighted by Crippen LogP contribution is -2.33. The first kappa shape index (κ1) is 19.5. The summed E-state index contributed by atoms with van der Waals surface area (Å²) >= 11 is 0. The molecular weight excluding hydrogens is 366 g/mol. The number of Topliss-reactive ketones (excluding diaryl/α,β-unsaturated/α-hetero) is 1. The first-order chi connectivity index (χ1) is 14.0. The van der Waals surface area contributed by atoms with Crippen molar-refractivity contribution in [2.75, 3.05) is 0 Å². The first-order valence-electron chi connectivity index (χ1n) is 10.4. The maximum atomic E-state index is 13.3. The Morgan fingerprint density at radius 3 is 2.69 bits per heavy atom. The van der Waals surface area contributed by atoms with Crippen molar-refractivity contribution < 1.29 is 4.79 Å². The number of aryl methyl sites for hydroxylation is 2. The van der Waals surface area contributed by atoms with Crippen LogP contribution in [-0.4, -0.2) is 30.1 Å². The van der Waals surface area contributed by atoms with E-state index in [2.05, 4.69) is 15.1 Å². The normalized spacial score (nSPS) is 16.2. The minimum Gasteiger partial charge on any atom is -0.297 e. The highest BCUT2D eigenvalue weighted by molar-refractivity contribution is 5.85. The summed E-state index contributed by atoms with van der Waals surface area (Å²) in [5, 5.41) is 4.59. The number of nitrogens with zero attached hydrogens (tertiary/aromatic N) is 5. The monoisotopic (exact) mass is 393 g/mol. The minimum atomic E-state index is -0.522. The third kappa shape index (κ3) is 4.13. The molecule has 29 heavy (non-hydrogen) atoms. The highest BCUT2D eigenvalue weighted by atomic mass is 16.1. The fourth-order valence-electron chi connectivity index (χ4n) is 4.30. The average Bonchev–Trinajstić information content (AvgIpc) is 3.11. The van der Waals surface area contributed by atoms with E-state index >= 15 is 0 Å². The Labute approximate surface area is 169 Å². The number of rotatable bonds is 6. The van der Waals surface area contributed by atoms with Crippen LogP contribution >= 0.6 is 0 Å². The van der Waals surface area contributed by atoms with Crippen molar-refractivity contribution in [2.45, 2.75) is 57.9 Å². The molecule has 0 radical (unpaired) electrons. The summed E-state index contributed by atoms with van der Waals surface area (Å²) in [7, 11) is 1.76. The summed E-state index contributed by atoms with van der Waals surface area (Å²) in [6, 6.07) is 3.32. The van der Waals surface area contributed by atoms with E-state index in [0.29, 0.717) is 23.4 Å². The molecule has 7 heteroatoms. The summed E-state index contributed by atoms with van der Waals surface area (Å²) < 4.78 is 3.10. The highest BCUT2D eigenvalue weighted by Gasteiger charge is 2.28. The lowest BCUT2D eigenvalue weighted by Gasteiger charge is -2.27. The summed E-state index contributed by atoms with van der Waals surface area (Å²) in [5.74, 6) is 0.472. The molecule has 0 amide bonds. The predicted octanol–water partition coefficient (Wildman–Crippen LogP) is 3.16. The van der Waals surface area contributed by atoms with Gasteiger partial charge in [-0.3, -0.25) is 23.8 Å². The Morgan fingerprint density at radius 2 is 1.97 bits per heavy atom. The van der Waals surface area contributed by atoms with Crippen molar-refractivity contribution in [1.29, 1.82) is 0 Å². The van der Waals surface area contributed by atoms with Gasteiger partial charge in [0.05, 0.1) is 18.7 Å². The Morgan fingerprint density at radius 1 is 1.17 bits per heavy atom. The van der Waals surface area contributed by atoms with Gasteiger partial charge < -0.3 is 0 Å². The Balaban J connectivity index is 1.67. The van der Waals surface area contributed by atoms with Gasteiger partial charge in [0.1, 0.15) is 11.7 Å². The Bertz CT molecular complexity index is 1060. The molecule has 1 saturated carbocycles. The fraction of sp³-hybridized carbons (Fsp3) is 0.500. The third-order valence-electron chi connectivity index (χ3n) is 5.99. The number of ketones is 1. The van der Waals surface area contributed by atoms with Crippen LogP contribution in [0.15, 0.2) is 35.6 Å². The Kier molecular flexibility index (Phi) is 5.56. The van der Waals surface area contributed by atoms with Crippen LogP contribution in [0.25, 0.3) is 11.0 Å². The molecule has 4 rings (SSSR count). The van der Waals surface area contributed by atoms with Crippen molar-refractivity contribution in [2.24, 2.45) is 13.0 Å². The summed E-state index contributed by atoms with van der Waals surface area (Å²) in [5.41, 5.74) is 2.13. The smallest absolute Gasteiger partial charge is 0.265 e. The maximum Gasteiger partial charge on any atom is 0.265 e. The number of hydrogen-bond donors (Lipinski definition) is 0. The highest BCUT2D eigenvalue weighted by Crippen LogP contribution is 2.31. The van der Waals surface area contributed by atoms with E-state index in [1.165, 1.54) is 36.4 Å². The number of carbonyl (C=O) groups is 1. The van der Waals surface area contributed by atoms with Crippen molar-refractivity contribution in [3.8, 4) is 0 Å². The fourth-order valence-corrected chi connectivity index (χ4v) is 4.30. The lowest BCUT2D eigenvalue weighted by atomic mass is 9.83. The van der Waals surface area contributed by atoms with Gasteiger partial charge in [0.2, 0.25) is 0 Å². The van der Waals surface area contributed by atoms with E-state index in [-0.39, 0.29) is 17.8 Å². The second kappa shape index (κ2) is 8.27. The van der Waals surface area contributed by atoms with E-state index in [1.807, 2.05) is 19.1 Å². The molecule has 0 N–H and O–H groups in total. The minimum absolute atomic E-state index is 0.0130. The molecule has 1 fully saturated rings. The van der Waals surface area contributed by atoms with Crippen LogP contribution in [0.3, 0.4) is 0 Å². The van der Waals surface area contributed by atoms with Gasteiger partial charge in [0, 0.05) is 18.9 Å².